The van der Waals surface area contributed by atoms with Crippen LogP contribution in [-0.2, 0) is 16.0 Å². The number of hydrogen-bond donors (Lipinski definition) is 3. The second kappa shape index (κ2) is 5.40. The molecule has 0 bridgehead atoms. The molecule has 0 saturated carbocycles. The molecule has 5 nitrogen and oxygen atoms in total. The van der Waals surface area contributed by atoms with Gasteiger partial charge in [-0.1, -0.05) is 19.1 Å². The normalized spacial score (nSPS) is 16.6. The van der Waals surface area contributed by atoms with Crippen molar-refractivity contribution in [2.45, 2.75) is 32.2 Å². The van der Waals surface area contributed by atoms with E-state index in [9.17, 15) is 9.59 Å². The zero-order valence-corrected chi connectivity index (χ0v) is 11.0. The third-order valence-corrected chi connectivity index (χ3v) is 3.39. The molecule has 2 atom stereocenters. The van der Waals surface area contributed by atoms with Crippen molar-refractivity contribution in [2.24, 2.45) is 17.4 Å². The maximum Gasteiger partial charge on any atom is 0.228 e. The lowest BCUT2D eigenvalue weighted by molar-refractivity contribution is -0.119. The maximum atomic E-state index is 11.3. The number of anilines is 1. The first kappa shape index (κ1) is 13.5. The van der Waals surface area contributed by atoms with Gasteiger partial charge in [-0.05, 0) is 29.5 Å². The first-order valence-electron chi connectivity index (χ1n) is 6.42. The van der Waals surface area contributed by atoms with Crippen molar-refractivity contribution < 1.29 is 9.59 Å². The molecule has 5 N–H and O–H groups in total. The molecule has 1 aromatic carbocycles. The number of carbonyl (C=O) groups excluding carboxylic acids is 2. The average Bonchev–Trinajstić information content (AvgIpc) is 2.66. The quantitative estimate of drug-likeness (QED) is 0.739. The van der Waals surface area contributed by atoms with Gasteiger partial charge in [0.1, 0.15) is 0 Å². The Kier molecular flexibility index (Phi) is 3.85. The smallest absolute Gasteiger partial charge is 0.228 e. The van der Waals surface area contributed by atoms with Gasteiger partial charge in [0.15, 0.2) is 0 Å². The SMILES string of the molecule is CC(CC(N)=O)CC(N)c1ccc2c(c1)CC(=O)N2. The van der Waals surface area contributed by atoms with E-state index in [1.165, 1.54) is 0 Å². The maximum absolute atomic E-state index is 11.3. The van der Waals surface area contributed by atoms with Crippen LogP contribution in [0.1, 0.15) is 36.9 Å². The Morgan fingerprint density at radius 1 is 1.47 bits per heavy atom. The Balaban J connectivity index is 2.04. The standard InChI is InChI=1S/C14H19N3O2/c1-8(5-13(16)18)4-11(15)9-2-3-12-10(6-9)7-14(19)17-12/h2-3,6,8,11H,4-5,7,15H2,1H3,(H2,16,18)(H,17,19). The van der Waals surface area contributed by atoms with Crippen molar-refractivity contribution in [3.05, 3.63) is 29.3 Å². The molecular weight excluding hydrogens is 242 g/mol. The van der Waals surface area contributed by atoms with Crippen LogP contribution in [0.5, 0.6) is 0 Å². The van der Waals surface area contributed by atoms with Crippen molar-refractivity contribution in [1.29, 1.82) is 0 Å². The Morgan fingerprint density at radius 2 is 2.21 bits per heavy atom. The van der Waals surface area contributed by atoms with Crippen molar-refractivity contribution in [2.75, 3.05) is 5.32 Å². The highest BCUT2D eigenvalue weighted by Gasteiger charge is 2.20. The van der Waals surface area contributed by atoms with Crippen LogP contribution in [0.15, 0.2) is 18.2 Å². The van der Waals surface area contributed by atoms with E-state index in [-0.39, 0.29) is 23.8 Å². The van der Waals surface area contributed by atoms with Gasteiger partial charge in [-0.25, -0.2) is 0 Å². The van der Waals surface area contributed by atoms with Crippen LogP contribution in [0, 0.1) is 5.92 Å². The lowest BCUT2D eigenvalue weighted by atomic mass is 9.93. The molecule has 0 aromatic heterocycles. The minimum atomic E-state index is -0.302. The fourth-order valence-corrected chi connectivity index (χ4v) is 2.48. The monoisotopic (exact) mass is 261 g/mol. The van der Waals surface area contributed by atoms with Crippen molar-refractivity contribution in [3.8, 4) is 0 Å². The topological polar surface area (TPSA) is 98.2 Å². The van der Waals surface area contributed by atoms with E-state index >= 15 is 0 Å². The van der Waals surface area contributed by atoms with Gasteiger partial charge in [0.2, 0.25) is 11.8 Å². The van der Waals surface area contributed by atoms with E-state index in [0.717, 1.165) is 16.8 Å². The minimum Gasteiger partial charge on any atom is -0.370 e. The molecule has 102 valence electrons. The average molecular weight is 261 g/mol. The van der Waals surface area contributed by atoms with Crippen LogP contribution < -0.4 is 16.8 Å². The van der Waals surface area contributed by atoms with Gasteiger partial charge < -0.3 is 16.8 Å². The summed E-state index contributed by atoms with van der Waals surface area (Å²) >= 11 is 0. The summed E-state index contributed by atoms with van der Waals surface area (Å²) in [6.07, 6.45) is 1.45. The minimum absolute atomic E-state index is 0.0165. The van der Waals surface area contributed by atoms with Crippen LogP contribution in [0.25, 0.3) is 0 Å². The van der Waals surface area contributed by atoms with Gasteiger partial charge in [0.25, 0.3) is 0 Å². The molecular formula is C14H19N3O2. The largest absolute Gasteiger partial charge is 0.370 e. The van der Waals surface area contributed by atoms with Gasteiger partial charge >= 0.3 is 0 Å². The van der Waals surface area contributed by atoms with Gasteiger partial charge in [-0.3, -0.25) is 9.59 Å². The lowest BCUT2D eigenvalue weighted by Crippen LogP contribution is -2.19. The van der Waals surface area contributed by atoms with E-state index in [1.807, 2.05) is 25.1 Å². The fourth-order valence-electron chi connectivity index (χ4n) is 2.48. The third-order valence-electron chi connectivity index (χ3n) is 3.39. The van der Waals surface area contributed by atoms with Gasteiger partial charge in [0, 0.05) is 18.2 Å². The molecule has 2 amide bonds. The summed E-state index contributed by atoms with van der Waals surface area (Å²) in [5.74, 6) is -0.133. The highest BCUT2D eigenvalue weighted by Crippen LogP contribution is 2.28. The Labute approximate surface area is 112 Å². The molecule has 1 aromatic rings. The molecule has 19 heavy (non-hydrogen) atoms. The molecule has 1 aliphatic heterocycles. The van der Waals surface area contributed by atoms with Gasteiger partial charge in [-0.2, -0.15) is 0 Å². The van der Waals surface area contributed by atoms with Crippen LogP contribution in [0.4, 0.5) is 5.69 Å². The zero-order valence-electron chi connectivity index (χ0n) is 11.0. The summed E-state index contributed by atoms with van der Waals surface area (Å²) in [6, 6.07) is 5.63. The molecule has 5 heteroatoms. The molecule has 1 aliphatic rings. The number of nitrogens with two attached hydrogens (primary N) is 2. The number of amides is 2. The summed E-state index contributed by atoms with van der Waals surface area (Å²) in [5.41, 5.74) is 14.2. The summed E-state index contributed by atoms with van der Waals surface area (Å²) in [4.78, 5) is 22.1. The predicted molar refractivity (Wildman–Crippen MR) is 73.3 cm³/mol. The molecule has 0 aliphatic carbocycles. The van der Waals surface area contributed by atoms with Gasteiger partial charge in [-0.15, -0.1) is 0 Å². The van der Waals surface area contributed by atoms with Crippen LogP contribution in [0.2, 0.25) is 0 Å². The number of primary amides is 1. The van der Waals surface area contributed by atoms with Crippen molar-refractivity contribution >= 4 is 17.5 Å². The Bertz CT molecular complexity index is 513. The molecule has 0 spiro atoms. The highest BCUT2D eigenvalue weighted by molar-refractivity contribution is 5.99. The molecule has 0 fully saturated rings. The summed E-state index contributed by atoms with van der Waals surface area (Å²) in [5, 5.41) is 2.79. The summed E-state index contributed by atoms with van der Waals surface area (Å²) in [6.45, 7) is 1.96. The molecule has 1 heterocycles. The van der Waals surface area contributed by atoms with Crippen LogP contribution in [0.3, 0.4) is 0 Å². The molecule has 2 rings (SSSR count). The first-order valence-corrected chi connectivity index (χ1v) is 6.42. The number of benzene rings is 1. The highest BCUT2D eigenvalue weighted by atomic mass is 16.2. The van der Waals surface area contributed by atoms with E-state index < -0.39 is 0 Å². The number of fused-ring (bicyclic) bond motifs is 1. The van der Waals surface area contributed by atoms with Crippen molar-refractivity contribution in [3.63, 3.8) is 0 Å². The molecule has 0 radical (unpaired) electrons. The Morgan fingerprint density at radius 3 is 2.89 bits per heavy atom. The van der Waals surface area contributed by atoms with E-state index in [2.05, 4.69) is 5.32 Å². The fraction of sp³-hybridized carbons (Fsp3) is 0.429. The van der Waals surface area contributed by atoms with Crippen molar-refractivity contribution in [1.82, 2.24) is 0 Å². The van der Waals surface area contributed by atoms with E-state index in [0.29, 0.717) is 19.3 Å². The Hall–Kier alpha value is -1.88. The zero-order chi connectivity index (χ0) is 14.0. The number of hydrogen-bond acceptors (Lipinski definition) is 3. The second-order valence-corrected chi connectivity index (χ2v) is 5.26. The summed E-state index contributed by atoms with van der Waals surface area (Å²) in [7, 11) is 0. The number of nitrogens with one attached hydrogen (secondary N) is 1. The van der Waals surface area contributed by atoms with Gasteiger partial charge in [0.05, 0.1) is 6.42 Å². The van der Waals surface area contributed by atoms with Crippen LogP contribution >= 0.6 is 0 Å². The van der Waals surface area contributed by atoms with E-state index in [4.69, 9.17) is 11.5 Å². The number of rotatable bonds is 5. The molecule has 2 unspecified atom stereocenters. The lowest BCUT2D eigenvalue weighted by Gasteiger charge is -2.17. The third kappa shape index (κ3) is 3.32. The first-order chi connectivity index (χ1) is 8.95. The van der Waals surface area contributed by atoms with Crippen LogP contribution in [-0.4, -0.2) is 11.8 Å². The number of carbonyl (C=O) groups is 2. The predicted octanol–water partition coefficient (Wildman–Crippen LogP) is 1.08. The summed E-state index contributed by atoms with van der Waals surface area (Å²) < 4.78 is 0. The van der Waals surface area contributed by atoms with E-state index in [1.54, 1.807) is 0 Å². The molecule has 0 saturated heterocycles. The second-order valence-electron chi connectivity index (χ2n) is 5.26.